The van der Waals surface area contributed by atoms with Crippen molar-refractivity contribution in [2.75, 3.05) is 7.11 Å². The van der Waals surface area contributed by atoms with E-state index in [2.05, 4.69) is 4.74 Å². The maximum Gasteiger partial charge on any atom is 0.334 e. The largest absolute Gasteiger partial charge is 0.467 e. The highest BCUT2D eigenvalue weighted by Gasteiger charge is 2.16. The fourth-order valence-corrected chi connectivity index (χ4v) is 1.43. The van der Waals surface area contributed by atoms with Crippen LogP contribution in [-0.4, -0.2) is 35.9 Å². The molecule has 0 aliphatic carbocycles. The highest BCUT2D eigenvalue weighted by Crippen LogP contribution is 2.11. The standard InChI is InChI=1S/C13H24O5/c1-13(2,3)18-11(15)9-7-5-6-8-10(14)12(16)17-4/h10,14H,5-9H2,1-4H3. The van der Waals surface area contributed by atoms with Gasteiger partial charge in [-0.3, -0.25) is 4.79 Å². The number of carbonyl (C=O) groups excluding carboxylic acids is 2. The first-order chi connectivity index (χ1) is 8.26. The highest BCUT2D eigenvalue weighted by atomic mass is 16.6. The van der Waals surface area contributed by atoms with E-state index >= 15 is 0 Å². The summed E-state index contributed by atoms with van der Waals surface area (Å²) < 4.78 is 9.56. The van der Waals surface area contributed by atoms with Crippen LogP contribution < -0.4 is 0 Å². The average Bonchev–Trinajstić information content (AvgIpc) is 2.24. The van der Waals surface area contributed by atoms with E-state index in [1.165, 1.54) is 7.11 Å². The number of aliphatic hydroxyl groups is 1. The Balaban J connectivity index is 3.57. The summed E-state index contributed by atoms with van der Waals surface area (Å²) in [5.74, 6) is -0.821. The molecule has 0 heterocycles. The predicted molar refractivity (Wildman–Crippen MR) is 67.0 cm³/mol. The second-order valence-electron chi connectivity index (χ2n) is 5.22. The fraction of sp³-hybridized carbons (Fsp3) is 0.846. The van der Waals surface area contributed by atoms with Crippen LogP contribution in [0.1, 0.15) is 52.9 Å². The van der Waals surface area contributed by atoms with Crippen LogP contribution in [0, 0.1) is 0 Å². The van der Waals surface area contributed by atoms with Crippen molar-refractivity contribution in [2.45, 2.75) is 64.6 Å². The Hall–Kier alpha value is -1.10. The molecule has 0 aromatic rings. The second-order valence-corrected chi connectivity index (χ2v) is 5.22. The van der Waals surface area contributed by atoms with Gasteiger partial charge in [0.05, 0.1) is 7.11 Å². The number of hydrogen-bond acceptors (Lipinski definition) is 5. The Morgan fingerprint density at radius 3 is 2.28 bits per heavy atom. The number of unbranched alkanes of at least 4 members (excludes halogenated alkanes) is 2. The molecule has 0 radical (unpaired) electrons. The van der Waals surface area contributed by atoms with Crippen LogP contribution in [0.4, 0.5) is 0 Å². The third-order valence-electron chi connectivity index (χ3n) is 2.25. The Morgan fingerprint density at radius 1 is 1.17 bits per heavy atom. The minimum Gasteiger partial charge on any atom is -0.467 e. The Kier molecular flexibility index (Phi) is 7.59. The molecule has 1 atom stereocenters. The van der Waals surface area contributed by atoms with E-state index in [1.54, 1.807) is 0 Å². The van der Waals surface area contributed by atoms with Crippen molar-refractivity contribution in [3.8, 4) is 0 Å². The lowest BCUT2D eigenvalue weighted by atomic mass is 10.1. The monoisotopic (exact) mass is 260 g/mol. The molecule has 5 nitrogen and oxygen atoms in total. The average molecular weight is 260 g/mol. The Labute approximate surface area is 108 Å². The summed E-state index contributed by atoms with van der Waals surface area (Å²) in [5.41, 5.74) is -0.446. The number of carbonyl (C=O) groups is 2. The van der Waals surface area contributed by atoms with Gasteiger partial charge in [-0.2, -0.15) is 0 Å². The molecule has 0 bridgehead atoms. The van der Waals surface area contributed by atoms with E-state index in [0.717, 1.165) is 6.42 Å². The van der Waals surface area contributed by atoms with Gasteiger partial charge in [0.1, 0.15) is 5.60 Å². The molecular weight excluding hydrogens is 236 g/mol. The minimum absolute atomic E-state index is 0.212. The van der Waals surface area contributed by atoms with Gasteiger partial charge >= 0.3 is 11.9 Å². The van der Waals surface area contributed by atoms with Crippen molar-refractivity contribution in [1.82, 2.24) is 0 Å². The molecule has 0 aromatic carbocycles. The SMILES string of the molecule is COC(=O)C(O)CCCCCC(=O)OC(C)(C)C. The minimum atomic E-state index is -1.06. The van der Waals surface area contributed by atoms with Crippen molar-refractivity contribution in [1.29, 1.82) is 0 Å². The fourth-order valence-electron chi connectivity index (χ4n) is 1.43. The summed E-state index contributed by atoms with van der Waals surface area (Å²) in [6.45, 7) is 5.49. The van der Waals surface area contributed by atoms with E-state index < -0.39 is 17.7 Å². The number of rotatable bonds is 7. The third-order valence-corrected chi connectivity index (χ3v) is 2.25. The molecule has 18 heavy (non-hydrogen) atoms. The molecule has 0 aromatic heterocycles. The van der Waals surface area contributed by atoms with E-state index in [0.29, 0.717) is 25.7 Å². The van der Waals surface area contributed by atoms with Crippen LogP contribution in [0.2, 0.25) is 0 Å². The lowest BCUT2D eigenvalue weighted by Crippen LogP contribution is -2.23. The Morgan fingerprint density at radius 2 is 1.78 bits per heavy atom. The van der Waals surface area contributed by atoms with Gasteiger partial charge in [-0.1, -0.05) is 12.8 Å². The van der Waals surface area contributed by atoms with Crippen LogP contribution in [0.15, 0.2) is 0 Å². The lowest BCUT2D eigenvalue weighted by molar-refractivity contribution is -0.155. The topological polar surface area (TPSA) is 72.8 Å². The van der Waals surface area contributed by atoms with Crippen molar-refractivity contribution in [2.24, 2.45) is 0 Å². The molecule has 0 aliphatic rings. The molecule has 0 amide bonds. The van der Waals surface area contributed by atoms with E-state index in [1.807, 2.05) is 20.8 Å². The zero-order valence-electron chi connectivity index (χ0n) is 11.7. The van der Waals surface area contributed by atoms with Crippen molar-refractivity contribution < 1.29 is 24.2 Å². The molecule has 0 saturated heterocycles. The van der Waals surface area contributed by atoms with Gasteiger partial charge in [-0.15, -0.1) is 0 Å². The molecular formula is C13H24O5. The van der Waals surface area contributed by atoms with Crippen molar-refractivity contribution >= 4 is 11.9 Å². The van der Waals surface area contributed by atoms with Gasteiger partial charge < -0.3 is 14.6 Å². The summed E-state index contributed by atoms with van der Waals surface area (Å²) in [5, 5.41) is 9.31. The third kappa shape index (κ3) is 8.98. The molecule has 0 spiro atoms. The predicted octanol–water partition coefficient (Wildman–Crippen LogP) is 1.81. The summed E-state index contributed by atoms with van der Waals surface area (Å²) in [4.78, 5) is 22.3. The summed E-state index contributed by atoms with van der Waals surface area (Å²) >= 11 is 0. The summed E-state index contributed by atoms with van der Waals surface area (Å²) in [7, 11) is 1.24. The molecule has 0 aliphatic heterocycles. The van der Waals surface area contributed by atoms with Crippen LogP contribution in [0.25, 0.3) is 0 Å². The van der Waals surface area contributed by atoms with Crippen LogP contribution in [0.3, 0.4) is 0 Å². The number of aliphatic hydroxyl groups excluding tert-OH is 1. The van der Waals surface area contributed by atoms with Gasteiger partial charge in [0, 0.05) is 6.42 Å². The highest BCUT2D eigenvalue weighted by molar-refractivity contribution is 5.74. The first kappa shape index (κ1) is 16.9. The quantitative estimate of drug-likeness (QED) is 0.558. The zero-order valence-corrected chi connectivity index (χ0v) is 11.7. The van der Waals surface area contributed by atoms with Crippen LogP contribution >= 0.6 is 0 Å². The van der Waals surface area contributed by atoms with Gasteiger partial charge in [0.25, 0.3) is 0 Å². The number of methoxy groups -OCH3 is 1. The van der Waals surface area contributed by atoms with Gasteiger partial charge in [-0.05, 0) is 33.6 Å². The first-order valence-corrected chi connectivity index (χ1v) is 6.24. The van der Waals surface area contributed by atoms with Crippen molar-refractivity contribution in [3.63, 3.8) is 0 Å². The molecule has 0 rings (SSSR count). The van der Waals surface area contributed by atoms with Crippen LogP contribution in [-0.2, 0) is 19.1 Å². The second kappa shape index (κ2) is 8.08. The first-order valence-electron chi connectivity index (χ1n) is 6.24. The van der Waals surface area contributed by atoms with Gasteiger partial charge in [0.2, 0.25) is 0 Å². The summed E-state index contributed by atoms with van der Waals surface area (Å²) in [6.07, 6.45) is 1.82. The molecule has 106 valence electrons. The molecule has 1 unspecified atom stereocenters. The molecule has 1 N–H and O–H groups in total. The maximum atomic E-state index is 11.4. The normalized spacial score (nSPS) is 12.9. The lowest BCUT2D eigenvalue weighted by Gasteiger charge is -2.19. The van der Waals surface area contributed by atoms with E-state index in [9.17, 15) is 14.7 Å². The number of esters is 2. The van der Waals surface area contributed by atoms with E-state index in [-0.39, 0.29) is 5.97 Å². The smallest absolute Gasteiger partial charge is 0.334 e. The van der Waals surface area contributed by atoms with E-state index in [4.69, 9.17) is 4.74 Å². The summed E-state index contributed by atoms with van der Waals surface area (Å²) in [6, 6.07) is 0. The van der Waals surface area contributed by atoms with Crippen LogP contribution in [0.5, 0.6) is 0 Å². The molecule has 5 heteroatoms. The van der Waals surface area contributed by atoms with Crippen molar-refractivity contribution in [3.05, 3.63) is 0 Å². The van der Waals surface area contributed by atoms with Gasteiger partial charge in [0.15, 0.2) is 6.10 Å². The zero-order chi connectivity index (χ0) is 14.2. The molecule has 0 saturated carbocycles. The Bertz CT molecular complexity index is 267. The number of hydrogen-bond donors (Lipinski definition) is 1. The maximum absolute atomic E-state index is 11.4. The molecule has 0 fully saturated rings. The van der Waals surface area contributed by atoms with Gasteiger partial charge in [-0.25, -0.2) is 4.79 Å². The number of ether oxygens (including phenoxy) is 2.